The van der Waals surface area contributed by atoms with Gasteiger partial charge in [0.15, 0.2) is 0 Å². The Morgan fingerprint density at radius 3 is 2.56 bits per heavy atom. The first-order valence-corrected chi connectivity index (χ1v) is 8.90. The van der Waals surface area contributed by atoms with Crippen molar-refractivity contribution in [1.82, 2.24) is 9.88 Å². The number of aliphatic carboxylic acids is 2. The number of nitrogens with two attached hydrogens (primary N) is 1. The van der Waals surface area contributed by atoms with E-state index in [0.717, 1.165) is 17.3 Å². The number of hydrogen-bond acceptors (Lipinski definition) is 4. The van der Waals surface area contributed by atoms with E-state index in [2.05, 4.69) is 23.0 Å². The summed E-state index contributed by atoms with van der Waals surface area (Å²) in [5, 5.41) is 15.9. The van der Waals surface area contributed by atoms with E-state index >= 15 is 0 Å². The first-order valence-electron chi connectivity index (χ1n) is 8.90. The summed E-state index contributed by atoms with van der Waals surface area (Å²) in [6.07, 6.45) is 5.64. The van der Waals surface area contributed by atoms with Gasteiger partial charge in [-0.25, -0.2) is 9.59 Å². The van der Waals surface area contributed by atoms with Gasteiger partial charge in [-0.05, 0) is 62.0 Å². The van der Waals surface area contributed by atoms with Gasteiger partial charge < -0.3 is 25.8 Å². The Labute approximate surface area is 157 Å². The number of carboxylic acids is 2. The van der Waals surface area contributed by atoms with Crippen molar-refractivity contribution in [2.24, 2.45) is 11.7 Å². The van der Waals surface area contributed by atoms with Gasteiger partial charge in [0.2, 0.25) is 5.91 Å². The fraction of sp³-hybridized carbons (Fsp3) is 0.421. The predicted molar refractivity (Wildman–Crippen MR) is 101 cm³/mol. The molecule has 0 saturated carbocycles. The van der Waals surface area contributed by atoms with Crippen LogP contribution in [0.15, 0.2) is 24.4 Å². The van der Waals surface area contributed by atoms with Crippen molar-refractivity contribution in [3.8, 4) is 0 Å². The number of H-pyrrole nitrogens is 1. The van der Waals surface area contributed by atoms with E-state index in [4.69, 9.17) is 25.5 Å². The Balaban J connectivity index is 0.000000380. The topological polar surface area (TPSA) is 137 Å². The van der Waals surface area contributed by atoms with Gasteiger partial charge in [-0.2, -0.15) is 0 Å². The number of nitrogens with one attached hydrogen (secondary N) is 1. The molecule has 0 spiro atoms. The molecular weight excluding hydrogens is 350 g/mol. The average molecular weight is 375 g/mol. The molecule has 5 N–H and O–H groups in total. The highest BCUT2D eigenvalue weighted by Gasteiger charge is 2.22. The second-order valence-corrected chi connectivity index (χ2v) is 6.71. The molecule has 3 rings (SSSR count). The number of likely N-dealkylation sites (tertiary alicyclic amines) is 1. The van der Waals surface area contributed by atoms with Crippen LogP contribution >= 0.6 is 0 Å². The van der Waals surface area contributed by atoms with Crippen molar-refractivity contribution in [2.75, 3.05) is 19.6 Å². The standard InChI is InChI=1S/C17H23N3O.C2H2O4/c1-2-6-20-7-5-12(11-20)8-14-10-19-16-4-3-13(17(18)21)9-15(14)16;3-1(4)2(5)6/h3-4,9-10,12,19H,2,5-8,11H2,1H3,(H2,18,21);(H,3,4)(H,5,6). The summed E-state index contributed by atoms with van der Waals surface area (Å²) in [7, 11) is 0. The first-order chi connectivity index (χ1) is 12.8. The van der Waals surface area contributed by atoms with Crippen LogP contribution in [-0.2, 0) is 16.0 Å². The van der Waals surface area contributed by atoms with Crippen molar-refractivity contribution in [1.29, 1.82) is 0 Å². The Morgan fingerprint density at radius 1 is 1.26 bits per heavy atom. The quantitative estimate of drug-likeness (QED) is 0.587. The molecule has 1 saturated heterocycles. The second kappa shape index (κ2) is 9.18. The third-order valence-corrected chi connectivity index (χ3v) is 4.65. The first kappa shape index (κ1) is 20.4. The highest BCUT2D eigenvalue weighted by molar-refractivity contribution is 6.27. The third kappa shape index (κ3) is 5.55. The van der Waals surface area contributed by atoms with Gasteiger partial charge in [-0.3, -0.25) is 4.79 Å². The minimum atomic E-state index is -1.82. The van der Waals surface area contributed by atoms with Gasteiger partial charge >= 0.3 is 11.9 Å². The van der Waals surface area contributed by atoms with Crippen LogP contribution in [-0.4, -0.2) is 57.6 Å². The second-order valence-electron chi connectivity index (χ2n) is 6.71. The van der Waals surface area contributed by atoms with Crippen LogP contribution in [0.5, 0.6) is 0 Å². The van der Waals surface area contributed by atoms with Crippen LogP contribution in [0.1, 0.15) is 35.7 Å². The maximum absolute atomic E-state index is 11.3. The number of fused-ring (bicyclic) bond motifs is 1. The molecule has 1 atom stereocenters. The molecule has 1 aliphatic heterocycles. The van der Waals surface area contributed by atoms with E-state index in [1.807, 2.05) is 12.1 Å². The Hall–Kier alpha value is -2.87. The van der Waals surface area contributed by atoms with E-state index < -0.39 is 11.9 Å². The van der Waals surface area contributed by atoms with Crippen LogP contribution in [0.3, 0.4) is 0 Å². The van der Waals surface area contributed by atoms with Crippen LogP contribution in [0.4, 0.5) is 0 Å². The molecular formula is C19H25N3O5. The lowest BCUT2D eigenvalue weighted by atomic mass is 9.97. The number of rotatable bonds is 5. The number of carbonyl (C=O) groups is 3. The van der Waals surface area contributed by atoms with E-state index in [1.165, 1.54) is 38.0 Å². The zero-order valence-corrected chi connectivity index (χ0v) is 15.3. The van der Waals surface area contributed by atoms with E-state index in [-0.39, 0.29) is 5.91 Å². The molecule has 146 valence electrons. The van der Waals surface area contributed by atoms with Gasteiger partial charge in [-0.1, -0.05) is 6.92 Å². The average Bonchev–Trinajstić information content (AvgIpc) is 3.23. The molecule has 8 nitrogen and oxygen atoms in total. The van der Waals surface area contributed by atoms with Crippen molar-refractivity contribution >= 4 is 28.7 Å². The van der Waals surface area contributed by atoms with E-state index in [0.29, 0.717) is 11.5 Å². The SMILES string of the molecule is CCCN1CCC(Cc2c[nH]c3ccc(C(N)=O)cc23)C1.O=C(O)C(=O)O. The van der Waals surface area contributed by atoms with Gasteiger partial charge in [0.25, 0.3) is 0 Å². The lowest BCUT2D eigenvalue weighted by molar-refractivity contribution is -0.159. The number of nitrogens with zero attached hydrogens (tertiary/aromatic N) is 1. The van der Waals surface area contributed by atoms with Crippen molar-refractivity contribution < 1.29 is 24.6 Å². The molecule has 1 aromatic heterocycles. The van der Waals surface area contributed by atoms with Crippen LogP contribution in [0, 0.1) is 5.92 Å². The summed E-state index contributed by atoms with van der Waals surface area (Å²) in [6, 6.07) is 5.64. The minimum Gasteiger partial charge on any atom is -0.473 e. The third-order valence-electron chi connectivity index (χ3n) is 4.65. The molecule has 1 amide bonds. The Kier molecular flexibility index (Phi) is 6.95. The van der Waals surface area contributed by atoms with Crippen LogP contribution < -0.4 is 5.73 Å². The number of carbonyl (C=O) groups excluding carboxylic acids is 1. The molecule has 1 aromatic carbocycles. The monoisotopic (exact) mass is 375 g/mol. The Morgan fingerprint density at radius 2 is 1.96 bits per heavy atom. The molecule has 1 fully saturated rings. The van der Waals surface area contributed by atoms with Gasteiger partial charge in [0, 0.05) is 29.2 Å². The number of primary amides is 1. The summed E-state index contributed by atoms with van der Waals surface area (Å²) in [6.45, 7) is 5.85. The summed E-state index contributed by atoms with van der Waals surface area (Å²) in [4.78, 5) is 35.4. The zero-order valence-electron chi connectivity index (χ0n) is 15.3. The fourth-order valence-electron chi connectivity index (χ4n) is 3.41. The molecule has 1 unspecified atom stereocenters. The molecule has 0 bridgehead atoms. The zero-order chi connectivity index (χ0) is 20.0. The molecule has 8 heteroatoms. The number of aromatic nitrogens is 1. The minimum absolute atomic E-state index is 0.362. The van der Waals surface area contributed by atoms with Gasteiger partial charge in [-0.15, -0.1) is 0 Å². The summed E-state index contributed by atoms with van der Waals surface area (Å²) in [5.74, 6) is -3.29. The number of benzene rings is 1. The smallest absolute Gasteiger partial charge is 0.414 e. The highest BCUT2D eigenvalue weighted by atomic mass is 16.4. The van der Waals surface area contributed by atoms with Crippen molar-refractivity contribution in [3.05, 3.63) is 35.5 Å². The largest absolute Gasteiger partial charge is 0.473 e. The van der Waals surface area contributed by atoms with E-state index in [1.54, 1.807) is 6.07 Å². The van der Waals surface area contributed by atoms with Crippen molar-refractivity contribution in [3.63, 3.8) is 0 Å². The maximum atomic E-state index is 11.3. The maximum Gasteiger partial charge on any atom is 0.414 e. The van der Waals surface area contributed by atoms with Gasteiger partial charge in [0.05, 0.1) is 0 Å². The predicted octanol–water partition coefficient (Wildman–Crippen LogP) is 1.70. The van der Waals surface area contributed by atoms with Crippen LogP contribution in [0.25, 0.3) is 10.9 Å². The molecule has 27 heavy (non-hydrogen) atoms. The molecule has 0 radical (unpaired) electrons. The molecule has 0 aliphatic carbocycles. The number of carboxylic acid groups (broad SMARTS) is 2. The number of hydrogen-bond donors (Lipinski definition) is 4. The fourth-order valence-corrected chi connectivity index (χ4v) is 3.41. The normalized spacial score (nSPS) is 16.7. The lowest BCUT2D eigenvalue weighted by Crippen LogP contribution is -2.21. The van der Waals surface area contributed by atoms with E-state index in [9.17, 15) is 4.79 Å². The Bertz CT molecular complexity index is 818. The molecule has 2 aromatic rings. The summed E-state index contributed by atoms with van der Waals surface area (Å²) < 4.78 is 0. The number of aromatic amines is 1. The highest BCUT2D eigenvalue weighted by Crippen LogP contribution is 2.26. The van der Waals surface area contributed by atoms with Crippen LogP contribution in [0.2, 0.25) is 0 Å². The lowest BCUT2D eigenvalue weighted by Gasteiger charge is -2.14. The summed E-state index contributed by atoms with van der Waals surface area (Å²) in [5.41, 5.74) is 8.35. The molecule has 2 heterocycles. The van der Waals surface area contributed by atoms with Gasteiger partial charge in [0.1, 0.15) is 0 Å². The number of amides is 1. The van der Waals surface area contributed by atoms with Crippen molar-refractivity contribution in [2.45, 2.75) is 26.2 Å². The summed E-state index contributed by atoms with van der Waals surface area (Å²) >= 11 is 0. The molecule has 1 aliphatic rings.